The fourth-order valence-corrected chi connectivity index (χ4v) is 1.85. The first-order chi connectivity index (χ1) is 9.10. The van der Waals surface area contributed by atoms with Crippen molar-refractivity contribution in [3.63, 3.8) is 0 Å². The second-order valence-corrected chi connectivity index (χ2v) is 4.24. The summed E-state index contributed by atoms with van der Waals surface area (Å²) in [4.78, 5) is 11.2. The van der Waals surface area contributed by atoms with Crippen LogP contribution in [0, 0.1) is 6.92 Å². The molecule has 2 aromatic rings. The summed E-state index contributed by atoms with van der Waals surface area (Å²) in [5, 5.41) is 13.5. The van der Waals surface area contributed by atoms with Crippen molar-refractivity contribution in [3.05, 3.63) is 35.6 Å². The largest absolute Gasteiger partial charge is 0.508 e. The van der Waals surface area contributed by atoms with Gasteiger partial charge in [-0.05, 0) is 31.0 Å². The van der Waals surface area contributed by atoms with Crippen molar-refractivity contribution in [3.8, 4) is 17.0 Å². The average molecular weight is 261 g/mol. The van der Waals surface area contributed by atoms with E-state index in [9.17, 15) is 9.90 Å². The van der Waals surface area contributed by atoms with Crippen LogP contribution in [0.3, 0.4) is 0 Å². The number of hydrogen-bond acceptors (Lipinski definition) is 5. The first-order valence-corrected chi connectivity index (χ1v) is 5.92. The van der Waals surface area contributed by atoms with E-state index in [-0.39, 0.29) is 18.1 Å². The summed E-state index contributed by atoms with van der Waals surface area (Å²) in [6.45, 7) is 1.80. The number of carbonyl (C=O) groups excluding carboxylic acids is 1. The lowest BCUT2D eigenvalue weighted by Crippen LogP contribution is -2.02. The fourth-order valence-electron chi connectivity index (χ4n) is 1.85. The van der Waals surface area contributed by atoms with Crippen molar-refractivity contribution in [2.24, 2.45) is 0 Å². The average Bonchev–Trinajstić information content (AvgIpc) is 2.83. The van der Waals surface area contributed by atoms with Crippen LogP contribution in [0.1, 0.15) is 17.7 Å². The Morgan fingerprint density at radius 2 is 2.21 bits per heavy atom. The highest BCUT2D eigenvalue weighted by Gasteiger charge is 2.12. The molecular weight excluding hydrogens is 246 g/mol. The SMILES string of the molecule is COC(=O)CCc1ccc(O)cc1-c1cc(C)on1. The summed E-state index contributed by atoms with van der Waals surface area (Å²) >= 11 is 0. The summed E-state index contributed by atoms with van der Waals surface area (Å²) < 4.78 is 9.66. The van der Waals surface area contributed by atoms with Crippen LogP contribution < -0.4 is 0 Å². The third-order valence-electron chi connectivity index (χ3n) is 2.82. The molecule has 0 aliphatic rings. The van der Waals surface area contributed by atoms with Crippen molar-refractivity contribution in [2.75, 3.05) is 7.11 Å². The minimum Gasteiger partial charge on any atom is -0.508 e. The molecule has 0 aliphatic carbocycles. The molecule has 0 aliphatic heterocycles. The van der Waals surface area contributed by atoms with Gasteiger partial charge in [0.2, 0.25) is 0 Å². The number of phenolic OH excluding ortho intramolecular Hbond substituents is 1. The van der Waals surface area contributed by atoms with E-state index in [0.29, 0.717) is 17.9 Å². The maximum Gasteiger partial charge on any atom is 0.305 e. The molecular formula is C14H15NO4. The number of phenols is 1. The zero-order valence-electron chi connectivity index (χ0n) is 10.8. The monoisotopic (exact) mass is 261 g/mol. The molecule has 0 amide bonds. The third kappa shape index (κ3) is 3.13. The Balaban J connectivity index is 2.30. The van der Waals surface area contributed by atoms with Crippen molar-refractivity contribution in [1.29, 1.82) is 0 Å². The first kappa shape index (κ1) is 13.1. The topological polar surface area (TPSA) is 72.6 Å². The molecule has 0 bridgehead atoms. The van der Waals surface area contributed by atoms with Crippen LogP contribution in [0.2, 0.25) is 0 Å². The van der Waals surface area contributed by atoms with Gasteiger partial charge in [0.1, 0.15) is 17.2 Å². The van der Waals surface area contributed by atoms with E-state index in [2.05, 4.69) is 9.89 Å². The Morgan fingerprint density at radius 1 is 1.42 bits per heavy atom. The highest BCUT2D eigenvalue weighted by atomic mass is 16.5. The van der Waals surface area contributed by atoms with Gasteiger partial charge >= 0.3 is 5.97 Å². The van der Waals surface area contributed by atoms with E-state index in [1.807, 2.05) is 0 Å². The number of aromatic hydroxyl groups is 1. The molecule has 0 unspecified atom stereocenters. The van der Waals surface area contributed by atoms with Gasteiger partial charge in [0.05, 0.1) is 7.11 Å². The number of hydrogen-bond donors (Lipinski definition) is 1. The van der Waals surface area contributed by atoms with E-state index in [1.165, 1.54) is 7.11 Å². The Morgan fingerprint density at radius 3 is 2.84 bits per heavy atom. The summed E-state index contributed by atoms with van der Waals surface area (Å²) in [6, 6.07) is 6.76. The summed E-state index contributed by atoms with van der Waals surface area (Å²) in [5.74, 6) is 0.574. The van der Waals surface area contributed by atoms with Crippen LogP contribution in [0.4, 0.5) is 0 Å². The number of aryl methyl sites for hydroxylation is 2. The molecule has 0 spiro atoms. The van der Waals surface area contributed by atoms with Crippen LogP contribution in [0.5, 0.6) is 5.75 Å². The number of benzene rings is 1. The fraction of sp³-hybridized carbons (Fsp3) is 0.286. The summed E-state index contributed by atoms with van der Waals surface area (Å²) in [6.07, 6.45) is 0.805. The molecule has 1 N–H and O–H groups in total. The molecule has 100 valence electrons. The van der Waals surface area contributed by atoms with Gasteiger partial charge in [-0.2, -0.15) is 0 Å². The molecule has 0 radical (unpaired) electrons. The molecule has 1 aromatic heterocycles. The lowest BCUT2D eigenvalue weighted by Gasteiger charge is -2.07. The third-order valence-corrected chi connectivity index (χ3v) is 2.82. The Labute approximate surface area is 110 Å². The van der Waals surface area contributed by atoms with Crippen LogP contribution in [0.25, 0.3) is 11.3 Å². The highest BCUT2D eigenvalue weighted by Crippen LogP contribution is 2.28. The van der Waals surface area contributed by atoms with Crippen LogP contribution in [-0.4, -0.2) is 23.3 Å². The standard InChI is InChI=1S/C14H15NO4/c1-9-7-13(15-19-9)12-8-11(16)5-3-10(12)4-6-14(17)18-2/h3,5,7-8,16H,4,6H2,1-2H3. The second-order valence-electron chi connectivity index (χ2n) is 4.24. The van der Waals surface area contributed by atoms with Gasteiger partial charge < -0.3 is 14.4 Å². The molecule has 5 nitrogen and oxygen atoms in total. The summed E-state index contributed by atoms with van der Waals surface area (Å²) in [5.41, 5.74) is 2.32. The van der Waals surface area contributed by atoms with Crippen LogP contribution >= 0.6 is 0 Å². The van der Waals surface area contributed by atoms with Crippen molar-refractivity contribution >= 4 is 5.97 Å². The number of rotatable bonds is 4. The second kappa shape index (κ2) is 5.56. The molecule has 0 saturated carbocycles. The maximum absolute atomic E-state index is 11.2. The van der Waals surface area contributed by atoms with E-state index in [4.69, 9.17) is 4.52 Å². The number of esters is 1. The van der Waals surface area contributed by atoms with Gasteiger partial charge in [-0.15, -0.1) is 0 Å². The molecule has 1 heterocycles. The maximum atomic E-state index is 11.2. The Bertz CT molecular complexity index is 589. The number of nitrogens with zero attached hydrogens (tertiary/aromatic N) is 1. The summed E-state index contributed by atoms with van der Waals surface area (Å²) in [7, 11) is 1.36. The lowest BCUT2D eigenvalue weighted by atomic mass is 10.00. The predicted molar refractivity (Wildman–Crippen MR) is 68.7 cm³/mol. The van der Waals surface area contributed by atoms with Crippen molar-refractivity contribution in [1.82, 2.24) is 5.16 Å². The van der Waals surface area contributed by atoms with E-state index in [0.717, 1.165) is 11.1 Å². The number of carbonyl (C=O) groups is 1. The quantitative estimate of drug-likeness (QED) is 0.856. The molecule has 5 heteroatoms. The van der Waals surface area contributed by atoms with Gasteiger partial charge in [0.15, 0.2) is 0 Å². The van der Waals surface area contributed by atoms with E-state index >= 15 is 0 Å². The predicted octanol–water partition coefficient (Wildman–Crippen LogP) is 2.46. The molecule has 0 fully saturated rings. The Hall–Kier alpha value is -2.30. The molecule has 0 atom stereocenters. The highest BCUT2D eigenvalue weighted by molar-refractivity contribution is 5.71. The number of methoxy groups -OCH3 is 1. The van der Waals surface area contributed by atoms with Gasteiger partial charge in [-0.25, -0.2) is 0 Å². The molecule has 2 rings (SSSR count). The van der Waals surface area contributed by atoms with Crippen molar-refractivity contribution < 1.29 is 19.2 Å². The lowest BCUT2D eigenvalue weighted by molar-refractivity contribution is -0.140. The van der Waals surface area contributed by atoms with E-state index < -0.39 is 0 Å². The molecule has 19 heavy (non-hydrogen) atoms. The first-order valence-electron chi connectivity index (χ1n) is 5.92. The molecule has 1 aromatic carbocycles. The van der Waals surface area contributed by atoms with Gasteiger partial charge in [-0.1, -0.05) is 11.2 Å². The van der Waals surface area contributed by atoms with Crippen LogP contribution in [0.15, 0.2) is 28.8 Å². The van der Waals surface area contributed by atoms with E-state index in [1.54, 1.807) is 31.2 Å². The van der Waals surface area contributed by atoms with Gasteiger partial charge in [-0.3, -0.25) is 4.79 Å². The van der Waals surface area contributed by atoms with Crippen LogP contribution in [-0.2, 0) is 16.0 Å². The number of aromatic nitrogens is 1. The van der Waals surface area contributed by atoms with Gasteiger partial charge in [0, 0.05) is 18.1 Å². The number of ether oxygens (including phenoxy) is 1. The zero-order valence-corrected chi connectivity index (χ0v) is 10.8. The zero-order chi connectivity index (χ0) is 13.8. The minimum absolute atomic E-state index is 0.150. The normalized spacial score (nSPS) is 10.4. The van der Waals surface area contributed by atoms with Gasteiger partial charge in [0.25, 0.3) is 0 Å². The smallest absolute Gasteiger partial charge is 0.305 e. The molecule has 0 saturated heterocycles. The Kier molecular flexibility index (Phi) is 3.85. The minimum atomic E-state index is -0.268. The van der Waals surface area contributed by atoms with Crippen molar-refractivity contribution in [2.45, 2.75) is 19.8 Å².